The van der Waals surface area contributed by atoms with Gasteiger partial charge in [-0.05, 0) is 17.2 Å². The van der Waals surface area contributed by atoms with Crippen LogP contribution < -0.4 is 5.73 Å². The van der Waals surface area contributed by atoms with E-state index in [1.807, 2.05) is 72.8 Å². The van der Waals surface area contributed by atoms with Crippen molar-refractivity contribution >= 4 is 18.3 Å². The van der Waals surface area contributed by atoms with Crippen LogP contribution in [-0.2, 0) is 4.74 Å². The summed E-state index contributed by atoms with van der Waals surface area (Å²) in [6.45, 7) is 0.352. The maximum Gasteiger partial charge on any atom is 0.306 e. The van der Waals surface area contributed by atoms with Gasteiger partial charge in [-0.15, -0.1) is 0 Å². The summed E-state index contributed by atoms with van der Waals surface area (Å²) in [6, 6.07) is 19.7. The van der Waals surface area contributed by atoms with E-state index < -0.39 is 0 Å². The van der Waals surface area contributed by atoms with Crippen LogP contribution in [-0.4, -0.2) is 18.8 Å². The van der Waals surface area contributed by atoms with E-state index in [-0.39, 0.29) is 6.02 Å². The van der Waals surface area contributed by atoms with Crippen molar-refractivity contribution in [2.75, 3.05) is 6.61 Å². The van der Waals surface area contributed by atoms with Gasteiger partial charge in [0.2, 0.25) is 0 Å². The number of nitrogens with two attached hydrogens (primary N) is 1. The summed E-state index contributed by atoms with van der Waals surface area (Å²) < 4.78 is 5.23. The molecule has 21 heavy (non-hydrogen) atoms. The summed E-state index contributed by atoms with van der Waals surface area (Å²) in [7, 11) is 0. The molecule has 2 aromatic carbocycles. The van der Waals surface area contributed by atoms with Crippen LogP contribution in [0, 0.1) is 0 Å². The van der Waals surface area contributed by atoms with Crippen molar-refractivity contribution in [1.29, 1.82) is 0 Å². The van der Waals surface area contributed by atoms with Gasteiger partial charge < -0.3 is 10.5 Å². The Hall–Kier alpha value is -2.88. The Bertz CT molecular complexity index is 619. The normalized spacial score (nSPS) is 12.1. The smallest absolute Gasteiger partial charge is 0.306 e. The number of hydrogen-bond acceptors (Lipinski definition) is 3. The first-order chi connectivity index (χ1) is 10.3. The first-order valence-electron chi connectivity index (χ1n) is 6.60. The summed E-state index contributed by atoms with van der Waals surface area (Å²) in [4.78, 5) is 0. The predicted molar refractivity (Wildman–Crippen MR) is 87.1 cm³/mol. The molecule has 2 aromatic rings. The standard InChI is InChI=1S/C17H17N3O/c18-17(20-19-14-16-10-5-2-6-11-16)21-13-7-12-15-8-3-1-4-9-15/h1-12,14H,13H2,(H2,18,20)/b12-7+,19-14+. The lowest BCUT2D eigenvalue weighted by atomic mass is 10.2. The van der Waals surface area contributed by atoms with Gasteiger partial charge in [-0.2, -0.15) is 5.10 Å². The molecule has 0 heterocycles. The van der Waals surface area contributed by atoms with E-state index in [9.17, 15) is 0 Å². The largest absolute Gasteiger partial charge is 0.460 e. The van der Waals surface area contributed by atoms with Gasteiger partial charge in [-0.3, -0.25) is 0 Å². The Morgan fingerprint density at radius 2 is 1.57 bits per heavy atom. The molecule has 0 atom stereocenters. The number of amidine groups is 1. The third kappa shape index (κ3) is 5.74. The molecule has 106 valence electrons. The molecule has 0 aliphatic heterocycles. The van der Waals surface area contributed by atoms with E-state index in [1.54, 1.807) is 6.21 Å². The van der Waals surface area contributed by atoms with Gasteiger partial charge in [-0.1, -0.05) is 71.8 Å². The minimum atomic E-state index is 0.0416. The molecule has 0 spiro atoms. The van der Waals surface area contributed by atoms with Gasteiger partial charge >= 0.3 is 6.02 Å². The lowest BCUT2D eigenvalue weighted by molar-refractivity contribution is 0.343. The van der Waals surface area contributed by atoms with Crippen LogP contribution in [0.3, 0.4) is 0 Å². The van der Waals surface area contributed by atoms with Crippen LogP contribution in [0.2, 0.25) is 0 Å². The predicted octanol–water partition coefficient (Wildman–Crippen LogP) is 3.07. The molecule has 0 amide bonds. The zero-order valence-electron chi connectivity index (χ0n) is 11.6. The molecule has 0 aromatic heterocycles. The lowest BCUT2D eigenvalue weighted by Gasteiger charge is -1.98. The van der Waals surface area contributed by atoms with Crippen LogP contribution in [0.1, 0.15) is 11.1 Å². The molecule has 0 aliphatic carbocycles. The number of rotatable bonds is 5. The highest BCUT2D eigenvalue weighted by atomic mass is 16.5. The van der Waals surface area contributed by atoms with Gasteiger partial charge in [0.05, 0.1) is 6.21 Å². The first kappa shape index (κ1) is 14.5. The third-order valence-corrected chi connectivity index (χ3v) is 2.60. The lowest BCUT2D eigenvalue weighted by Crippen LogP contribution is -2.15. The number of nitrogens with zero attached hydrogens (tertiary/aromatic N) is 2. The summed E-state index contributed by atoms with van der Waals surface area (Å²) in [5, 5.41) is 7.64. The molecule has 0 unspecified atom stereocenters. The molecular formula is C17H17N3O. The SMILES string of the molecule is NC(=N/N=C/c1ccccc1)OC/C=C/c1ccccc1. The van der Waals surface area contributed by atoms with Crippen molar-refractivity contribution in [3.8, 4) is 0 Å². The molecule has 0 bridgehead atoms. The molecule has 4 heteroatoms. The van der Waals surface area contributed by atoms with E-state index in [0.717, 1.165) is 11.1 Å². The van der Waals surface area contributed by atoms with E-state index in [1.165, 1.54) is 0 Å². The Kier molecular flexibility index (Phi) is 5.76. The maximum absolute atomic E-state index is 5.60. The van der Waals surface area contributed by atoms with Crippen LogP contribution in [0.4, 0.5) is 0 Å². The van der Waals surface area contributed by atoms with Gasteiger partial charge in [-0.25, -0.2) is 0 Å². The van der Waals surface area contributed by atoms with Crippen LogP contribution in [0.25, 0.3) is 6.08 Å². The monoisotopic (exact) mass is 279 g/mol. The Morgan fingerprint density at radius 3 is 2.24 bits per heavy atom. The molecular weight excluding hydrogens is 262 g/mol. The summed E-state index contributed by atoms with van der Waals surface area (Å²) in [6.07, 6.45) is 5.45. The molecule has 0 saturated carbocycles. The topological polar surface area (TPSA) is 60.0 Å². The zero-order chi connectivity index (χ0) is 14.8. The first-order valence-corrected chi connectivity index (χ1v) is 6.60. The van der Waals surface area contributed by atoms with E-state index in [4.69, 9.17) is 10.5 Å². The highest BCUT2D eigenvalue weighted by molar-refractivity contribution is 5.80. The molecule has 0 fully saturated rings. The second kappa shape index (κ2) is 8.32. The van der Waals surface area contributed by atoms with Crippen molar-refractivity contribution in [3.05, 3.63) is 77.9 Å². The molecule has 4 nitrogen and oxygen atoms in total. The number of benzene rings is 2. The molecule has 2 N–H and O–H groups in total. The van der Waals surface area contributed by atoms with Gasteiger partial charge in [0.1, 0.15) is 6.61 Å². The zero-order valence-corrected chi connectivity index (χ0v) is 11.6. The summed E-state index contributed by atoms with van der Waals surface area (Å²) in [5.41, 5.74) is 7.66. The van der Waals surface area contributed by atoms with Gasteiger partial charge in [0, 0.05) is 0 Å². The van der Waals surface area contributed by atoms with Crippen LogP contribution >= 0.6 is 0 Å². The number of hydrogen-bond donors (Lipinski definition) is 1. The fourth-order valence-corrected chi connectivity index (χ4v) is 1.60. The highest BCUT2D eigenvalue weighted by Crippen LogP contribution is 2.00. The Balaban J connectivity index is 1.76. The second-order valence-corrected chi connectivity index (χ2v) is 4.22. The minimum Gasteiger partial charge on any atom is -0.460 e. The molecule has 0 radical (unpaired) electrons. The van der Waals surface area contributed by atoms with Crippen molar-refractivity contribution in [3.63, 3.8) is 0 Å². The van der Waals surface area contributed by atoms with E-state index in [2.05, 4.69) is 10.2 Å². The van der Waals surface area contributed by atoms with Gasteiger partial charge in [0.25, 0.3) is 0 Å². The molecule has 2 rings (SSSR count). The van der Waals surface area contributed by atoms with Crippen molar-refractivity contribution in [2.45, 2.75) is 0 Å². The van der Waals surface area contributed by atoms with Crippen LogP contribution in [0.5, 0.6) is 0 Å². The van der Waals surface area contributed by atoms with E-state index in [0.29, 0.717) is 6.61 Å². The van der Waals surface area contributed by atoms with Crippen molar-refractivity contribution in [2.24, 2.45) is 15.9 Å². The highest BCUT2D eigenvalue weighted by Gasteiger charge is 1.89. The quantitative estimate of drug-likeness (QED) is 0.519. The summed E-state index contributed by atoms with van der Waals surface area (Å²) in [5.74, 6) is 0. The Morgan fingerprint density at radius 1 is 0.952 bits per heavy atom. The maximum atomic E-state index is 5.60. The van der Waals surface area contributed by atoms with Crippen molar-refractivity contribution in [1.82, 2.24) is 0 Å². The molecule has 0 aliphatic rings. The average molecular weight is 279 g/mol. The second-order valence-electron chi connectivity index (χ2n) is 4.22. The Labute approximate surface area is 124 Å². The fraction of sp³-hybridized carbons (Fsp3) is 0.0588. The summed E-state index contributed by atoms with van der Waals surface area (Å²) >= 11 is 0. The third-order valence-electron chi connectivity index (χ3n) is 2.60. The van der Waals surface area contributed by atoms with Gasteiger partial charge in [0.15, 0.2) is 0 Å². The molecule has 0 saturated heterocycles. The minimum absolute atomic E-state index is 0.0416. The van der Waals surface area contributed by atoms with Crippen LogP contribution in [0.15, 0.2) is 76.9 Å². The number of ether oxygens (including phenoxy) is 1. The fourth-order valence-electron chi connectivity index (χ4n) is 1.60. The van der Waals surface area contributed by atoms with Crippen molar-refractivity contribution < 1.29 is 4.74 Å². The van der Waals surface area contributed by atoms with E-state index >= 15 is 0 Å². The average Bonchev–Trinajstić information content (AvgIpc) is 2.54.